The highest BCUT2D eigenvalue weighted by molar-refractivity contribution is 5.98. The Morgan fingerprint density at radius 3 is 2.48 bits per heavy atom. The lowest BCUT2D eigenvalue weighted by Crippen LogP contribution is -2.30. The number of benzene rings is 2. The van der Waals surface area contributed by atoms with Crippen LogP contribution < -0.4 is 4.74 Å². The number of ether oxygens (including phenoxy) is 1. The molecule has 2 aromatic rings. The SMILES string of the molecule is COc1ccc(O)c(C(=O)N2C[C@H](C(=O)O)[C@H](c3ccccc3)C2)c1. The Morgan fingerprint density at radius 2 is 1.84 bits per heavy atom. The van der Waals surface area contributed by atoms with Crippen molar-refractivity contribution in [1.82, 2.24) is 4.90 Å². The van der Waals surface area contributed by atoms with Gasteiger partial charge in [-0.3, -0.25) is 9.59 Å². The number of phenols is 1. The molecule has 1 fully saturated rings. The average molecular weight is 341 g/mol. The Kier molecular flexibility index (Phi) is 4.61. The third kappa shape index (κ3) is 3.28. The van der Waals surface area contributed by atoms with E-state index in [0.29, 0.717) is 5.75 Å². The minimum atomic E-state index is -0.931. The van der Waals surface area contributed by atoms with E-state index in [2.05, 4.69) is 0 Å². The minimum Gasteiger partial charge on any atom is -0.507 e. The molecule has 1 aliphatic heterocycles. The molecule has 0 aliphatic carbocycles. The van der Waals surface area contributed by atoms with Crippen molar-refractivity contribution in [1.29, 1.82) is 0 Å². The van der Waals surface area contributed by atoms with Crippen LogP contribution in [0.25, 0.3) is 0 Å². The number of carboxylic acids is 1. The number of hydrogen-bond acceptors (Lipinski definition) is 4. The van der Waals surface area contributed by atoms with Crippen LogP contribution in [0.2, 0.25) is 0 Å². The third-order valence-electron chi connectivity index (χ3n) is 4.59. The summed E-state index contributed by atoms with van der Waals surface area (Å²) in [6.07, 6.45) is 0. The van der Waals surface area contributed by atoms with Crippen LogP contribution in [0.1, 0.15) is 21.8 Å². The van der Waals surface area contributed by atoms with Crippen LogP contribution in [0.3, 0.4) is 0 Å². The molecule has 1 amide bonds. The van der Waals surface area contributed by atoms with Gasteiger partial charge in [0.05, 0.1) is 18.6 Å². The van der Waals surface area contributed by atoms with E-state index < -0.39 is 17.8 Å². The molecule has 1 saturated heterocycles. The van der Waals surface area contributed by atoms with E-state index in [1.165, 1.54) is 24.1 Å². The van der Waals surface area contributed by atoms with Gasteiger partial charge in [0.2, 0.25) is 0 Å². The lowest BCUT2D eigenvalue weighted by atomic mass is 9.89. The Bertz CT molecular complexity index is 790. The van der Waals surface area contributed by atoms with Gasteiger partial charge in [0, 0.05) is 19.0 Å². The second kappa shape index (κ2) is 6.84. The van der Waals surface area contributed by atoms with E-state index in [-0.39, 0.29) is 30.3 Å². The highest BCUT2D eigenvalue weighted by Gasteiger charge is 2.41. The molecule has 0 radical (unpaired) electrons. The van der Waals surface area contributed by atoms with Gasteiger partial charge < -0.3 is 19.8 Å². The Hall–Kier alpha value is -3.02. The predicted octanol–water partition coefficient (Wildman–Crippen LogP) is 2.34. The van der Waals surface area contributed by atoms with Crippen LogP contribution in [0.5, 0.6) is 11.5 Å². The number of nitrogens with zero attached hydrogens (tertiary/aromatic N) is 1. The van der Waals surface area contributed by atoms with E-state index in [9.17, 15) is 19.8 Å². The van der Waals surface area contributed by atoms with Gasteiger partial charge in [0.1, 0.15) is 11.5 Å². The lowest BCUT2D eigenvalue weighted by Gasteiger charge is -2.17. The first-order chi connectivity index (χ1) is 12.0. The summed E-state index contributed by atoms with van der Waals surface area (Å²) < 4.78 is 5.10. The standard InChI is InChI=1S/C19H19NO5/c1-25-13-7-8-17(21)14(9-13)18(22)20-10-15(16(11-20)19(23)24)12-5-3-2-4-6-12/h2-9,15-16,21H,10-11H2,1H3,(H,23,24)/t15-,16-/m0/s1. The zero-order chi connectivity index (χ0) is 18.0. The monoisotopic (exact) mass is 341 g/mol. The van der Waals surface area contributed by atoms with Gasteiger partial charge in [-0.2, -0.15) is 0 Å². The summed E-state index contributed by atoms with van der Waals surface area (Å²) >= 11 is 0. The number of hydrogen-bond donors (Lipinski definition) is 2. The van der Waals surface area contributed by atoms with Crippen LogP contribution in [-0.2, 0) is 4.79 Å². The zero-order valence-corrected chi connectivity index (χ0v) is 13.8. The molecule has 130 valence electrons. The molecule has 2 aromatic carbocycles. The quantitative estimate of drug-likeness (QED) is 0.891. The van der Waals surface area contributed by atoms with E-state index in [0.717, 1.165) is 5.56 Å². The van der Waals surface area contributed by atoms with E-state index >= 15 is 0 Å². The first-order valence-electron chi connectivity index (χ1n) is 7.95. The molecule has 25 heavy (non-hydrogen) atoms. The second-order valence-electron chi connectivity index (χ2n) is 6.06. The summed E-state index contributed by atoms with van der Waals surface area (Å²) in [5.41, 5.74) is 0.997. The molecule has 6 nitrogen and oxygen atoms in total. The van der Waals surface area contributed by atoms with Crippen LogP contribution in [0.15, 0.2) is 48.5 Å². The van der Waals surface area contributed by atoms with Crippen molar-refractivity contribution < 1.29 is 24.5 Å². The van der Waals surface area contributed by atoms with Crippen molar-refractivity contribution in [2.24, 2.45) is 5.92 Å². The summed E-state index contributed by atoms with van der Waals surface area (Å²) in [6.45, 7) is 0.390. The molecule has 2 N–H and O–H groups in total. The first kappa shape index (κ1) is 16.8. The van der Waals surface area contributed by atoms with Gasteiger partial charge >= 0.3 is 5.97 Å². The van der Waals surface area contributed by atoms with Crippen molar-refractivity contribution in [3.63, 3.8) is 0 Å². The zero-order valence-electron chi connectivity index (χ0n) is 13.8. The summed E-state index contributed by atoms with van der Waals surface area (Å²) in [6, 6.07) is 13.7. The molecule has 2 atom stereocenters. The molecular formula is C19H19NO5. The number of amides is 1. The van der Waals surface area contributed by atoms with Crippen molar-refractivity contribution in [3.05, 3.63) is 59.7 Å². The van der Waals surface area contributed by atoms with Gasteiger partial charge in [-0.15, -0.1) is 0 Å². The number of likely N-dealkylation sites (tertiary alicyclic amines) is 1. The molecule has 3 rings (SSSR count). The number of carboxylic acid groups (broad SMARTS) is 1. The van der Waals surface area contributed by atoms with Gasteiger partial charge in [-0.25, -0.2) is 0 Å². The Balaban J connectivity index is 1.89. The van der Waals surface area contributed by atoms with Crippen molar-refractivity contribution in [2.75, 3.05) is 20.2 Å². The maximum Gasteiger partial charge on any atom is 0.308 e. The van der Waals surface area contributed by atoms with Crippen LogP contribution in [-0.4, -0.2) is 47.2 Å². The predicted molar refractivity (Wildman–Crippen MR) is 90.9 cm³/mol. The number of phenolic OH excluding ortho intramolecular Hbond substituents is 1. The van der Waals surface area contributed by atoms with E-state index in [1.807, 2.05) is 30.3 Å². The molecule has 1 aliphatic rings. The van der Waals surface area contributed by atoms with Crippen molar-refractivity contribution in [3.8, 4) is 11.5 Å². The highest BCUT2D eigenvalue weighted by Crippen LogP contribution is 2.35. The largest absolute Gasteiger partial charge is 0.507 e. The Morgan fingerprint density at radius 1 is 1.12 bits per heavy atom. The number of aliphatic carboxylic acids is 1. The van der Waals surface area contributed by atoms with Crippen molar-refractivity contribution in [2.45, 2.75) is 5.92 Å². The van der Waals surface area contributed by atoms with Crippen molar-refractivity contribution >= 4 is 11.9 Å². The maximum atomic E-state index is 12.8. The maximum absolute atomic E-state index is 12.8. The number of methoxy groups -OCH3 is 1. The van der Waals surface area contributed by atoms with Crippen LogP contribution >= 0.6 is 0 Å². The summed E-state index contributed by atoms with van der Waals surface area (Å²) in [4.78, 5) is 25.9. The van der Waals surface area contributed by atoms with Crippen LogP contribution in [0.4, 0.5) is 0 Å². The number of carbonyl (C=O) groups is 2. The topological polar surface area (TPSA) is 87.1 Å². The molecule has 0 bridgehead atoms. The number of carbonyl (C=O) groups excluding carboxylic acids is 1. The smallest absolute Gasteiger partial charge is 0.308 e. The molecule has 0 spiro atoms. The first-order valence-corrected chi connectivity index (χ1v) is 7.95. The number of rotatable bonds is 4. The summed E-state index contributed by atoms with van der Waals surface area (Å²) in [5.74, 6) is -2.00. The Labute approximate surface area is 145 Å². The van der Waals surface area contributed by atoms with Crippen LogP contribution in [0, 0.1) is 5.92 Å². The van der Waals surface area contributed by atoms with Gasteiger partial charge in [0.25, 0.3) is 5.91 Å². The molecule has 0 aromatic heterocycles. The van der Waals surface area contributed by atoms with Gasteiger partial charge in [0.15, 0.2) is 0 Å². The summed E-state index contributed by atoms with van der Waals surface area (Å²) in [7, 11) is 1.47. The molecular weight excluding hydrogens is 322 g/mol. The molecule has 6 heteroatoms. The van der Waals surface area contributed by atoms with E-state index in [1.54, 1.807) is 6.07 Å². The van der Waals surface area contributed by atoms with E-state index in [4.69, 9.17) is 4.74 Å². The normalized spacial score (nSPS) is 19.6. The molecule has 0 unspecified atom stereocenters. The molecule has 1 heterocycles. The number of aromatic hydroxyl groups is 1. The average Bonchev–Trinajstić information content (AvgIpc) is 3.08. The lowest BCUT2D eigenvalue weighted by molar-refractivity contribution is -0.141. The van der Waals surface area contributed by atoms with Gasteiger partial charge in [-0.1, -0.05) is 30.3 Å². The second-order valence-corrected chi connectivity index (χ2v) is 6.06. The van der Waals surface area contributed by atoms with Gasteiger partial charge in [-0.05, 0) is 23.8 Å². The highest BCUT2D eigenvalue weighted by atomic mass is 16.5. The minimum absolute atomic E-state index is 0.102. The summed E-state index contributed by atoms with van der Waals surface area (Å²) in [5, 5.41) is 19.5. The third-order valence-corrected chi connectivity index (χ3v) is 4.59. The fourth-order valence-corrected chi connectivity index (χ4v) is 3.24. The fourth-order valence-electron chi connectivity index (χ4n) is 3.24. The fraction of sp³-hybridized carbons (Fsp3) is 0.263. The molecule has 0 saturated carbocycles.